The Morgan fingerprint density at radius 2 is 1.62 bits per heavy atom. The maximum Gasteiger partial charge on any atom is 0.258 e. The number of carbonyl (C=O) groups excluding carboxylic acids is 4. The summed E-state index contributed by atoms with van der Waals surface area (Å²) >= 11 is 9.50. The Morgan fingerprint density at radius 1 is 0.903 bits per heavy atom. The SMILES string of the molecule is Cc1ncsc1-c1ccc([C@H](C)NC(=O)[C@@H]2C[C@@H](C)CN2C(=O)[C@@H](NC(=O)COc2ccc(O[C@H](C)CNC(=O)CC3N=C(c4ccc(Cl)cc4)c4c(sc(C)c4C)-n4c(C)nnc43)nc2)C(C)(C)C)cc1. The van der Waals surface area contributed by atoms with Crippen LogP contribution in [0.4, 0.5) is 0 Å². The second-order valence-corrected chi connectivity index (χ2v) is 22.3. The van der Waals surface area contributed by atoms with Crippen molar-refractivity contribution in [3.05, 3.63) is 122 Å². The van der Waals surface area contributed by atoms with E-state index in [0.29, 0.717) is 41.3 Å². The number of benzene rings is 2. The monoisotopic (exact) mass is 1030 g/mol. The smallest absolute Gasteiger partial charge is 0.258 e. The summed E-state index contributed by atoms with van der Waals surface area (Å²) in [5.74, 6) is 0.684. The third kappa shape index (κ3) is 11.6. The lowest BCUT2D eigenvalue weighted by Crippen LogP contribution is -2.58. The minimum atomic E-state index is -0.927. The van der Waals surface area contributed by atoms with Crippen molar-refractivity contribution in [1.82, 2.24) is 45.6 Å². The number of thiazole rings is 1. The number of nitrogens with zero attached hydrogens (tertiary/aromatic N) is 7. The molecule has 6 atom stereocenters. The number of rotatable bonds is 16. The summed E-state index contributed by atoms with van der Waals surface area (Å²) in [5.41, 5.74) is 7.88. The van der Waals surface area contributed by atoms with E-state index in [1.54, 1.807) is 39.7 Å². The zero-order valence-electron chi connectivity index (χ0n) is 42.2. The molecule has 6 aromatic rings. The second-order valence-electron chi connectivity index (χ2n) is 19.8. The maximum absolute atomic E-state index is 14.3. The van der Waals surface area contributed by atoms with Gasteiger partial charge < -0.3 is 30.3 Å². The van der Waals surface area contributed by atoms with Crippen molar-refractivity contribution in [1.29, 1.82) is 0 Å². The molecule has 1 fully saturated rings. The van der Waals surface area contributed by atoms with Gasteiger partial charge in [-0.1, -0.05) is 75.7 Å². The highest BCUT2D eigenvalue weighted by atomic mass is 35.5. The molecule has 1 unspecified atom stereocenters. The second kappa shape index (κ2) is 21.7. The number of aryl methyl sites for hydroxylation is 3. The van der Waals surface area contributed by atoms with Gasteiger partial charge in [0.25, 0.3) is 5.91 Å². The molecule has 2 aliphatic rings. The molecule has 72 heavy (non-hydrogen) atoms. The van der Waals surface area contributed by atoms with Crippen LogP contribution in [-0.4, -0.2) is 96.9 Å². The molecule has 2 aliphatic heterocycles. The number of amides is 4. The summed E-state index contributed by atoms with van der Waals surface area (Å²) in [5, 5.41) is 19.5. The van der Waals surface area contributed by atoms with E-state index in [4.69, 9.17) is 26.1 Å². The Hall–Kier alpha value is -6.50. The fourth-order valence-corrected chi connectivity index (χ4v) is 11.2. The van der Waals surface area contributed by atoms with Crippen LogP contribution >= 0.6 is 34.3 Å². The van der Waals surface area contributed by atoms with Crippen LogP contribution in [0.25, 0.3) is 15.4 Å². The van der Waals surface area contributed by atoms with E-state index in [1.165, 1.54) is 6.20 Å². The molecule has 3 N–H and O–H groups in total. The Balaban J connectivity index is 0.828. The third-order valence-corrected chi connectivity index (χ3v) is 15.4. The van der Waals surface area contributed by atoms with E-state index in [9.17, 15) is 19.2 Å². The predicted octanol–water partition coefficient (Wildman–Crippen LogP) is 8.62. The maximum atomic E-state index is 14.3. The molecule has 0 aliphatic carbocycles. The highest BCUT2D eigenvalue weighted by Crippen LogP contribution is 2.40. The van der Waals surface area contributed by atoms with Gasteiger partial charge in [0.2, 0.25) is 23.6 Å². The zero-order valence-corrected chi connectivity index (χ0v) is 44.6. The van der Waals surface area contributed by atoms with Gasteiger partial charge in [0.05, 0.1) is 47.0 Å². The summed E-state index contributed by atoms with van der Waals surface area (Å²) in [6, 6.07) is 16.3. The normalized spacial score (nSPS) is 17.7. The van der Waals surface area contributed by atoms with Gasteiger partial charge in [-0.05, 0) is 94.2 Å². The van der Waals surface area contributed by atoms with E-state index in [2.05, 4.69) is 50.0 Å². The van der Waals surface area contributed by atoms with Crippen molar-refractivity contribution in [2.24, 2.45) is 16.3 Å². The molecular formula is C53H61ClN10O6S2. The Labute approximate surface area is 433 Å². The van der Waals surface area contributed by atoms with Crippen molar-refractivity contribution in [3.8, 4) is 27.1 Å². The summed E-state index contributed by atoms with van der Waals surface area (Å²) in [6.45, 7) is 19.6. The van der Waals surface area contributed by atoms with Crippen LogP contribution in [0.2, 0.25) is 5.02 Å². The number of carbonyl (C=O) groups is 4. The molecule has 1 saturated heterocycles. The third-order valence-electron chi connectivity index (χ3n) is 13.0. The molecule has 0 radical (unpaired) electrons. The Kier molecular flexibility index (Phi) is 15.6. The number of ether oxygens (including phenoxy) is 2. The fraction of sp³-hybridized carbons (Fsp3) is 0.415. The number of hydrogen-bond acceptors (Lipinski definition) is 13. The number of hydrogen-bond donors (Lipinski definition) is 3. The van der Waals surface area contributed by atoms with Crippen LogP contribution in [0.15, 0.2) is 77.4 Å². The number of halogens is 1. The van der Waals surface area contributed by atoms with Crippen LogP contribution in [0.3, 0.4) is 0 Å². The molecule has 378 valence electrons. The first kappa shape index (κ1) is 51.8. The van der Waals surface area contributed by atoms with Crippen molar-refractivity contribution in [3.63, 3.8) is 0 Å². The highest BCUT2D eigenvalue weighted by molar-refractivity contribution is 7.15. The average Bonchev–Trinajstić information content (AvgIpc) is 4.11. The molecule has 0 spiro atoms. The molecule has 19 heteroatoms. The van der Waals surface area contributed by atoms with Gasteiger partial charge >= 0.3 is 0 Å². The minimum absolute atomic E-state index is 0.0253. The van der Waals surface area contributed by atoms with E-state index < -0.39 is 35.6 Å². The summed E-state index contributed by atoms with van der Waals surface area (Å²) in [6.07, 6.45) is 1.51. The molecule has 6 heterocycles. The van der Waals surface area contributed by atoms with Crippen LogP contribution in [0, 0.1) is 39.0 Å². The fourth-order valence-electron chi connectivity index (χ4n) is 9.01. The van der Waals surface area contributed by atoms with E-state index in [0.717, 1.165) is 54.0 Å². The molecular weight excluding hydrogens is 972 g/mol. The van der Waals surface area contributed by atoms with Gasteiger partial charge in [0, 0.05) is 33.6 Å². The number of thiophene rings is 1. The van der Waals surface area contributed by atoms with Gasteiger partial charge in [-0.2, -0.15) is 0 Å². The number of nitrogens with one attached hydrogen (secondary N) is 3. The lowest BCUT2D eigenvalue weighted by Gasteiger charge is -2.35. The Morgan fingerprint density at radius 3 is 2.29 bits per heavy atom. The summed E-state index contributed by atoms with van der Waals surface area (Å²) < 4.78 is 13.8. The number of aromatic nitrogens is 5. The highest BCUT2D eigenvalue weighted by Gasteiger charge is 2.44. The first-order chi connectivity index (χ1) is 34.2. The molecule has 2 aromatic carbocycles. The number of pyridine rings is 1. The minimum Gasteiger partial charge on any atom is -0.482 e. The molecule has 0 bridgehead atoms. The Bertz CT molecular complexity index is 2980. The number of fused-ring (bicyclic) bond motifs is 3. The summed E-state index contributed by atoms with van der Waals surface area (Å²) in [7, 11) is 0. The van der Waals surface area contributed by atoms with Gasteiger partial charge in [-0.25, -0.2) is 9.97 Å². The molecule has 16 nitrogen and oxygen atoms in total. The van der Waals surface area contributed by atoms with E-state index >= 15 is 0 Å². The predicted molar refractivity (Wildman–Crippen MR) is 280 cm³/mol. The largest absolute Gasteiger partial charge is 0.482 e. The standard InChI is InChI=1S/C53H61ClN10O6S2/c1-28-21-41(50(67)58-31(4)35-11-13-37(14-12-35)47-32(5)57-27-71-47)63(25-28)51(68)48(53(8,9)10)60-43(66)26-69-39-19-20-44(56-24-39)70-29(2)23-55-42(65)22-40-49-62-61-34(7)64(49)52-45(30(3)33(6)72-52)46(59-40)36-15-17-38(54)18-16-36/h11-20,24,27-29,31,40-41,48H,21-23,25-26H2,1-10H3,(H,55,65)(H,58,67)(H,60,66)/t28-,29-,31+,40?,41+,48-/m1/s1. The molecule has 4 aromatic heterocycles. The van der Waals surface area contributed by atoms with Crippen LogP contribution < -0.4 is 25.4 Å². The number of likely N-dealkylation sites (tertiary alicyclic amines) is 1. The average molecular weight is 1030 g/mol. The van der Waals surface area contributed by atoms with Gasteiger partial charge in [-0.3, -0.25) is 28.7 Å². The van der Waals surface area contributed by atoms with E-state index in [-0.39, 0.29) is 49.3 Å². The lowest BCUT2D eigenvalue weighted by molar-refractivity contribution is -0.144. The van der Waals surface area contributed by atoms with Crippen LogP contribution in [0.5, 0.6) is 11.6 Å². The van der Waals surface area contributed by atoms with Crippen molar-refractivity contribution in [2.45, 2.75) is 112 Å². The van der Waals surface area contributed by atoms with Crippen molar-refractivity contribution in [2.75, 3.05) is 19.7 Å². The molecule has 0 saturated carbocycles. The van der Waals surface area contributed by atoms with Crippen molar-refractivity contribution < 1.29 is 28.7 Å². The number of aliphatic imine (C=N–C) groups is 1. The van der Waals surface area contributed by atoms with Crippen molar-refractivity contribution >= 4 is 63.6 Å². The molecule has 4 amide bonds. The van der Waals surface area contributed by atoms with E-state index in [1.807, 2.05) is 114 Å². The first-order valence-corrected chi connectivity index (χ1v) is 26.1. The first-order valence-electron chi connectivity index (χ1n) is 24.0. The van der Waals surface area contributed by atoms with Gasteiger partial charge in [-0.15, -0.1) is 32.9 Å². The summed E-state index contributed by atoms with van der Waals surface area (Å²) in [4.78, 5) is 72.9. The molecule has 8 rings (SSSR count). The van der Waals surface area contributed by atoms with Gasteiger partial charge in [0.1, 0.15) is 40.8 Å². The van der Waals surface area contributed by atoms with Gasteiger partial charge in [0.15, 0.2) is 12.4 Å². The topological polar surface area (TPSA) is 195 Å². The van der Waals surface area contributed by atoms with Crippen LogP contribution in [-0.2, 0) is 19.2 Å². The lowest BCUT2D eigenvalue weighted by atomic mass is 9.85. The zero-order chi connectivity index (χ0) is 51.6. The quantitative estimate of drug-likeness (QED) is 0.0845. The van der Waals surface area contributed by atoms with Crippen LogP contribution in [0.1, 0.15) is 111 Å².